The molecule has 0 radical (unpaired) electrons. The van der Waals surface area contributed by atoms with Gasteiger partial charge >= 0.3 is 0 Å². The fourth-order valence-corrected chi connectivity index (χ4v) is 2.28. The maximum absolute atomic E-state index is 12.1. The lowest BCUT2D eigenvalue weighted by Gasteiger charge is -2.15. The molecule has 2 rings (SSSR count). The fraction of sp³-hybridized carbons (Fsp3) is 0.467. The van der Waals surface area contributed by atoms with Crippen molar-refractivity contribution in [3.05, 3.63) is 34.9 Å². The Balaban J connectivity index is 2.07. The number of nitrogens with one attached hydrogen (secondary N) is 1. The number of benzene rings is 1. The Labute approximate surface area is 113 Å². The normalized spacial score (nSPS) is 15.9. The highest BCUT2D eigenvalue weighted by molar-refractivity contribution is 5.97. The van der Waals surface area contributed by atoms with Crippen molar-refractivity contribution in [2.24, 2.45) is 11.7 Å². The molecule has 1 aromatic carbocycles. The number of hydrogen-bond donors (Lipinski definition) is 2. The predicted octanol–water partition coefficient (Wildman–Crippen LogP) is 1.69. The van der Waals surface area contributed by atoms with Gasteiger partial charge in [-0.2, -0.15) is 0 Å². The molecule has 102 valence electrons. The Morgan fingerprint density at radius 3 is 2.32 bits per heavy atom. The van der Waals surface area contributed by atoms with Crippen LogP contribution < -0.4 is 11.1 Å². The van der Waals surface area contributed by atoms with Crippen LogP contribution >= 0.6 is 0 Å². The molecule has 0 bridgehead atoms. The van der Waals surface area contributed by atoms with Gasteiger partial charge in [-0.3, -0.25) is 9.59 Å². The van der Waals surface area contributed by atoms with Gasteiger partial charge in [-0.15, -0.1) is 0 Å². The molecule has 2 amide bonds. The molecular formula is C15H20N2O2. The van der Waals surface area contributed by atoms with Gasteiger partial charge in [-0.1, -0.05) is 30.0 Å². The smallest absolute Gasteiger partial charge is 0.251 e. The summed E-state index contributed by atoms with van der Waals surface area (Å²) in [5.41, 5.74) is 7.99. The molecular weight excluding hydrogens is 240 g/mol. The van der Waals surface area contributed by atoms with E-state index in [4.69, 9.17) is 5.73 Å². The zero-order chi connectivity index (χ0) is 14.0. The predicted molar refractivity (Wildman–Crippen MR) is 73.7 cm³/mol. The molecule has 1 atom stereocenters. The zero-order valence-electron chi connectivity index (χ0n) is 11.4. The van der Waals surface area contributed by atoms with Crippen molar-refractivity contribution >= 4 is 11.8 Å². The van der Waals surface area contributed by atoms with Crippen molar-refractivity contribution in [3.63, 3.8) is 0 Å². The highest BCUT2D eigenvalue weighted by Gasteiger charge is 2.29. The zero-order valence-corrected chi connectivity index (χ0v) is 11.4. The van der Waals surface area contributed by atoms with E-state index in [9.17, 15) is 9.59 Å². The van der Waals surface area contributed by atoms with Gasteiger partial charge in [-0.05, 0) is 38.3 Å². The average molecular weight is 260 g/mol. The average Bonchev–Trinajstić information content (AvgIpc) is 3.10. The minimum absolute atomic E-state index is 0.226. The lowest BCUT2D eigenvalue weighted by atomic mass is 10.1. The van der Waals surface area contributed by atoms with Crippen LogP contribution in [0, 0.1) is 19.8 Å². The second kappa shape index (κ2) is 5.43. The van der Waals surface area contributed by atoms with Gasteiger partial charge in [0, 0.05) is 5.56 Å². The molecule has 0 unspecified atom stereocenters. The standard InChI is InChI=1S/C15H20N2O2/c1-9-5-10(2)7-12(6-9)15(19)17-13(14(16)18)8-11-3-4-11/h5-7,11,13H,3-4,8H2,1-2H3,(H2,16,18)(H,17,19)/t13-/m0/s1. The number of nitrogens with two attached hydrogens (primary N) is 1. The number of amides is 2. The quantitative estimate of drug-likeness (QED) is 0.845. The number of primary amides is 1. The minimum atomic E-state index is -0.555. The summed E-state index contributed by atoms with van der Waals surface area (Å²) in [6.45, 7) is 3.89. The van der Waals surface area contributed by atoms with Gasteiger partial charge in [-0.25, -0.2) is 0 Å². The van der Waals surface area contributed by atoms with E-state index in [1.54, 1.807) is 0 Å². The van der Waals surface area contributed by atoms with Gasteiger partial charge in [0.1, 0.15) is 6.04 Å². The molecule has 1 fully saturated rings. The van der Waals surface area contributed by atoms with Gasteiger partial charge in [0.25, 0.3) is 5.91 Å². The highest BCUT2D eigenvalue weighted by Crippen LogP contribution is 2.33. The summed E-state index contributed by atoms with van der Waals surface area (Å²) < 4.78 is 0. The third kappa shape index (κ3) is 3.81. The third-order valence-electron chi connectivity index (χ3n) is 3.40. The number of carbonyl (C=O) groups excluding carboxylic acids is 2. The van der Waals surface area contributed by atoms with Crippen LogP contribution in [-0.4, -0.2) is 17.9 Å². The molecule has 1 aromatic rings. The van der Waals surface area contributed by atoms with E-state index in [2.05, 4.69) is 5.32 Å². The molecule has 1 aliphatic carbocycles. The number of aryl methyl sites for hydroxylation is 2. The summed E-state index contributed by atoms with van der Waals surface area (Å²) >= 11 is 0. The number of rotatable bonds is 5. The van der Waals surface area contributed by atoms with Crippen LogP contribution in [0.4, 0.5) is 0 Å². The van der Waals surface area contributed by atoms with Gasteiger partial charge in [0.2, 0.25) is 5.91 Å². The van der Waals surface area contributed by atoms with E-state index in [1.807, 2.05) is 32.0 Å². The third-order valence-corrected chi connectivity index (χ3v) is 3.40. The molecule has 3 N–H and O–H groups in total. The summed E-state index contributed by atoms with van der Waals surface area (Å²) in [5.74, 6) is -0.141. The topological polar surface area (TPSA) is 72.2 Å². The van der Waals surface area contributed by atoms with E-state index < -0.39 is 11.9 Å². The van der Waals surface area contributed by atoms with E-state index in [0.29, 0.717) is 17.9 Å². The van der Waals surface area contributed by atoms with E-state index >= 15 is 0 Å². The summed E-state index contributed by atoms with van der Waals surface area (Å²) in [7, 11) is 0. The van der Waals surface area contributed by atoms with Crippen molar-refractivity contribution in [1.82, 2.24) is 5.32 Å². The van der Waals surface area contributed by atoms with Gasteiger partial charge in [0.05, 0.1) is 0 Å². The van der Waals surface area contributed by atoms with Crippen LogP contribution in [0.1, 0.15) is 40.7 Å². The SMILES string of the molecule is Cc1cc(C)cc(C(=O)N[C@@H](CC2CC2)C(N)=O)c1. The summed E-state index contributed by atoms with van der Waals surface area (Å²) in [4.78, 5) is 23.5. The first kappa shape index (κ1) is 13.6. The van der Waals surface area contributed by atoms with Crippen molar-refractivity contribution in [3.8, 4) is 0 Å². The molecule has 0 saturated heterocycles. The molecule has 1 saturated carbocycles. The molecule has 4 heteroatoms. The van der Waals surface area contributed by atoms with Crippen molar-refractivity contribution < 1.29 is 9.59 Å². The number of hydrogen-bond acceptors (Lipinski definition) is 2. The van der Waals surface area contributed by atoms with Gasteiger partial charge in [0.15, 0.2) is 0 Å². The first-order valence-corrected chi connectivity index (χ1v) is 6.64. The Morgan fingerprint density at radius 1 is 1.26 bits per heavy atom. The van der Waals surface area contributed by atoms with Gasteiger partial charge < -0.3 is 11.1 Å². The molecule has 0 heterocycles. The van der Waals surface area contributed by atoms with Crippen LogP contribution in [0.3, 0.4) is 0 Å². The lowest BCUT2D eigenvalue weighted by Crippen LogP contribution is -2.44. The molecule has 0 spiro atoms. The Morgan fingerprint density at radius 2 is 1.84 bits per heavy atom. The molecule has 1 aliphatic rings. The first-order valence-electron chi connectivity index (χ1n) is 6.64. The Bertz CT molecular complexity index is 487. The van der Waals surface area contributed by atoms with Crippen molar-refractivity contribution in [1.29, 1.82) is 0 Å². The maximum Gasteiger partial charge on any atom is 0.251 e. The van der Waals surface area contributed by atoms with Crippen molar-refractivity contribution in [2.45, 2.75) is 39.2 Å². The van der Waals surface area contributed by atoms with Crippen LogP contribution in [0.25, 0.3) is 0 Å². The lowest BCUT2D eigenvalue weighted by molar-refractivity contribution is -0.120. The Hall–Kier alpha value is -1.84. The minimum Gasteiger partial charge on any atom is -0.368 e. The van der Waals surface area contributed by atoms with E-state index in [0.717, 1.165) is 24.0 Å². The Kier molecular flexibility index (Phi) is 3.88. The second-order valence-electron chi connectivity index (χ2n) is 5.48. The summed E-state index contributed by atoms with van der Waals surface area (Å²) in [6, 6.07) is 5.09. The monoisotopic (exact) mass is 260 g/mol. The van der Waals surface area contributed by atoms with Crippen LogP contribution in [-0.2, 0) is 4.79 Å². The summed E-state index contributed by atoms with van der Waals surface area (Å²) in [6.07, 6.45) is 2.91. The van der Waals surface area contributed by atoms with E-state index in [1.165, 1.54) is 0 Å². The van der Waals surface area contributed by atoms with Crippen LogP contribution in [0.5, 0.6) is 0 Å². The van der Waals surface area contributed by atoms with Crippen LogP contribution in [0.15, 0.2) is 18.2 Å². The molecule has 4 nitrogen and oxygen atoms in total. The molecule has 0 aliphatic heterocycles. The first-order chi connectivity index (χ1) is 8.95. The van der Waals surface area contributed by atoms with Crippen LogP contribution in [0.2, 0.25) is 0 Å². The van der Waals surface area contributed by atoms with E-state index in [-0.39, 0.29) is 5.91 Å². The van der Waals surface area contributed by atoms with Crippen molar-refractivity contribution in [2.75, 3.05) is 0 Å². The maximum atomic E-state index is 12.1. The molecule has 19 heavy (non-hydrogen) atoms. The second-order valence-corrected chi connectivity index (χ2v) is 5.48. The highest BCUT2D eigenvalue weighted by atomic mass is 16.2. The molecule has 0 aromatic heterocycles. The largest absolute Gasteiger partial charge is 0.368 e. The summed E-state index contributed by atoms with van der Waals surface area (Å²) in [5, 5.41) is 2.75. The number of carbonyl (C=O) groups is 2. The fourth-order valence-electron chi connectivity index (χ4n) is 2.28.